The highest BCUT2D eigenvalue weighted by molar-refractivity contribution is 6.12. The van der Waals surface area contributed by atoms with E-state index in [0.717, 1.165) is 16.7 Å². The van der Waals surface area contributed by atoms with Gasteiger partial charge in [0.2, 0.25) is 0 Å². The zero-order chi connectivity index (χ0) is 32.0. The molecule has 0 radical (unpaired) electrons. The van der Waals surface area contributed by atoms with Gasteiger partial charge in [0.05, 0.1) is 18.8 Å². The zero-order valence-corrected chi connectivity index (χ0v) is 24.6. The molecule has 232 valence electrons. The summed E-state index contributed by atoms with van der Waals surface area (Å²) in [6, 6.07) is 21.7. The Labute approximate surface area is 260 Å². The van der Waals surface area contributed by atoms with E-state index in [0.29, 0.717) is 43.2 Å². The Kier molecular flexibility index (Phi) is 11.8. The molecule has 4 rings (SSSR count). The number of ether oxygens (including phenoxy) is 4. The predicted octanol–water partition coefficient (Wildman–Crippen LogP) is 4.53. The second kappa shape index (κ2) is 16.4. The fourth-order valence-corrected chi connectivity index (χ4v) is 4.12. The molecule has 0 saturated carbocycles. The average molecular weight is 612 g/mol. The number of amides is 2. The second-order valence-electron chi connectivity index (χ2n) is 9.84. The van der Waals surface area contributed by atoms with Gasteiger partial charge in [0, 0.05) is 24.8 Å². The minimum absolute atomic E-state index is 0.0113. The molecule has 0 atom stereocenters. The van der Waals surface area contributed by atoms with Gasteiger partial charge in [-0.3, -0.25) is 14.5 Å². The molecule has 10 nitrogen and oxygen atoms in total. The number of unbranched alkanes of at least 4 members (excludes halogenated alkanes) is 1. The first-order chi connectivity index (χ1) is 21.8. The fraction of sp³-hybridized carbons (Fsp3) is 0.200. The van der Waals surface area contributed by atoms with Crippen molar-refractivity contribution in [3.8, 4) is 28.4 Å². The van der Waals surface area contributed by atoms with Crippen molar-refractivity contribution in [2.75, 3.05) is 33.0 Å². The zero-order valence-electron chi connectivity index (χ0n) is 24.6. The Morgan fingerprint density at radius 2 is 1.29 bits per heavy atom. The third-order valence-electron chi connectivity index (χ3n) is 6.56. The first kappa shape index (κ1) is 32.4. The summed E-state index contributed by atoms with van der Waals surface area (Å²) in [4.78, 5) is 48.1. The number of carbonyl (C=O) groups is 4. The predicted molar refractivity (Wildman–Crippen MR) is 166 cm³/mol. The molecule has 0 fully saturated rings. The van der Waals surface area contributed by atoms with Gasteiger partial charge >= 0.3 is 11.9 Å². The van der Waals surface area contributed by atoms with Crippen molar-refractivity contribution in [3.63, 3.8) is 0 Å². The Morgan fingerprint density at radius 3 is 1.89 bits per heavy atom. The molecule has 1 aliphatic heterocycles. The highest BCUT2D eigenvalue weighted by atomic mass is 16.6. The van der Waals surface area contributed by atoms with Gasteiger partial charge < -0.3 is 24.1 Å². The number of benzene rings is 3. The van der Waals surface area contributed by atoms with Crippen molar-refractivity contribution in [3.05, 3.63) is 109 Å². The molecular formula is C35H33NO9. The smallest absolute Gasteiger partial charge is 0.336 e. The van der Waals surface area contributed by atoms with E-state index in [1.54, 1.807) is 42.5 Å². The van der Waals surface area contributed by atoms with Crippen LogP contribution in [0.15, 0.2) is 103 Å². The van der Waals surface area contributed by atoms with Crippen molar-refractivity contribution in [2.45, 2.75) is 12.8 Å². The largest absolute Gasteiger partial charge is 0.494 e. The van der Waals surface area contributed by atoms with Crippen molar-refractivity contribution >= 4 is 29.8 Å². The topological polar surface area (TPSA) is 129 Å². The van der Waals surface area contributed by atoms with E-state index in [4.69, 9.17) is 24.1 Å². The van der Waals surface area contributed by atoms with Crippen LogP contribution < -0.4 is 14.2 Å². The minimum atomic E-state index is -0.657. The summed E-state index contributed by atoms with van der Waals surface area (Å²) < 4.78 is 21.6. The maximum absolute atomic E-state index is 12.3. The van der Waals surface area contributed by atoms with Gasteiger partial charge in [0.1, 0.15) is 30.5 Å². The Balaban J connectivity index is 1.15. The first-order valence-corrected chi connectivity index (χ1v) is 14.3. The van der Waals surface area contributed by atoms with Crippen LogP contribution in [0.2, 0.25) is 0 Å². The van der Waals surface area contributed by atoms with Crippen LogP contribution in [0, 0.1) is 0 Å². The highest BCUT2D eigenvalue weighted by Crippen LogP contribution is 2.25. The number of esters is 2. The Morgan fingerprint density at radius 1 is 0.733 bits per heavy atom. The quantitative estimate of drug-likeness (QED) is 0.0817. The highest BCUT2D eigenvalue weighted by Gasteiger charge is 2.22. The van der Waals surface area contributed by atoms with Gasteiger partial charge in [0.25, 0.3) is 11.8 Å². The lowest BCUT2D eigenvalue weighted by Gasteiger charge is -2.13. The number of hydrogen-bond donors (Lipinski definition) is 1. The van der Waals surface area contributed by atoms with E-state index < -0.39 is 18.5 Å². The summed E-state index contributed by atoms with van der Waals surface area (Å²) in [6.07, 6.45) is 6.90. The number of aliphatic hydroxyl groups excluding tert-OH is 1. The summed E-state index contributed by atoms with van der Waals surface area (Å²) in [5.41, 5.74) is 2.65. The van der Waals surface area contributed by atoms with Crippen molar-refractivity contribution in [1.82, 2.24) is 4.90 Å². The first-order valence-electron chi connectivity index (χ1n) is 14.3. The van der Waals surface area contributed by atoms with Crippen LogP contribution in [0.25, 0.3) is 17.2 Å². The molecule has 0 spiro atoms. The summed E-state index contributed by atoms with van der Waals surface area (Å²) in [6.45, 7) is 3.97. The third kappa shape index (κ3) is 10.0. The molecular weight excluding hydrogens is 578 g/mol. The molecule has 1 N–H and O–H groups in total. The van der Waals surface area contributed by atoms with Crippen LogP contribution in [-0.4, -0.2) is 66.7 Å². The molecule has 0 unspecified atom stereocenters. The van der Waals surface area contributed by atoms with Gasteiger partial charge in [0.15, 0.2) is 0 Å². The van der Waals surface area contributed by atoms with Crippen molar-refractivity contribution in [1.29, 1.82) is 0 Å². The lowest BCUT2D eigenvalue weighted by atomic mass is 10.1. The minimum Gasteiger partial charge on any atom is -0.494 e. The molecule has 3 aromatic rings. The number of rotatable bonds is 16. The average Bonchev–Trinajstić information content (AvgIpc) is 3.38. The molecule has 0 aliphatic carbocycles. The van der Waals surface area contributed by atoms with E-state index >= 15 is 0 Å². The number of hydrogen-bond acceptors (Lipinski definition) is 9. The van der Waals surface area contributed by atoms with Crippen LogP contribution in [-0.2, 0) is 23.9 Å². The molecule has 0 aromatic heterocycles. The molecule has 0 bridgehead atoms. The molecule has 1 aliphatic rings. The van der Waals surface area contributed by atoms with Gasteiger partial charge in [-0.05, 0) is 72.0 Å². The summed E-state index contributed by atoms with van der Waals surface area (Å²) >= 11 is 0. The summed E-state index contributed by atoms with van der Waals surface area (Å²) in [5.74, 6) is -0.0303. The van der Waals surface area contributed by atoms with Crippen LogP contribution in [0.4, 0.5) is 0 Å². The van der Waals surface area contributed by atoms with Crippen LogP contribution in [0.3, 0.4) is 0 Å². The number of nitrogens with zero attached hydrogens (tertiary/aromatic N) is 1. The monoisotopic (exact) mass is 611 g/mol. The van der Waals surface area contributed by atoms with E-state index in [9.17, 15) is 19.2 Å². The van der Waals surface area contributed by atoms with E-state index in [1.165, 1.54) is 23.1 Å². The molecule has 3 aromatic carbocycles. The van der Waals surface area contributed by atoms with Gasteiger partial charge in [-0.25, -0.2) is 9.59 Å². The lowest BCUT2D eigenvalue weighted by Crippen LogP contribution is -2.31. The lowest BCUT2D eigenvalue weighted by molar-refractivity contribution is -0.140. The SMILES string of the molecule is C=C(CO)C(=O)OCCOc1ccc(-c2ccc(OC(=O)/C=C/c3ccc(OCCCCN4C(=O)C=CC4=O)cc3)cc2)cc1. The number of aliphatic hydroxyl groups is 1. The van der Waals surface area contributed by atoms with E-state index in [1.807, 2.05) is 36.4 Å². The molecule has 45 heavy (non-hydrogen) atoms. The van der Waals surface area contributed by atoms with E-state index in [-0.39, 0.29) is 30.6 Å². The Bertz CT molecular complexity index is 1540. The fourth-order valence-electron chi connectivity index (χ4n) is 4.12. The van der Waals surface area contributed by atoms with E-state index in [2.05, 4.69) is 6.58 Å². The van der Waals surface area contributed by atoms with Gasteiger partial charge in [-0.15, -0.1) is 0 Å². The molecule has 0 saturated heterocycles. The maximum Gasteiger partial charge on any atom is 0.336 e. The van der Waals surface area contributed by atoms with Crippen molar-refractivity contribution < 1.29 is 43.2 Å². The molecule has 10 heteroatoms. The third-order valence-corrected chi connectivity index (χ3v) is 6.56. The van der Waals surface area contributed by atoms with Crippen LogP contribution in [0.5, 0.6) is 17.2 Å². The summed E-state index contributed by atoms with van der Waals surface area (Å²) in [5, 5.41) is 8.87. The molecule has 2 amide bonds. The Hall–Kier alpha value is -5.48. The number of imide groups is 1. The van der Waals surface area contributed by atoms with Crippen LogP contribution in [0.1, 0.15) is 18.4 Å². The second-order valence-corrected chi connectivity index (χ2v) is 9.84. The normalized spacial score (nSPS) is 12.4. The molecule has 1 heterocycles. The van der Waals surface area contributed by atoms with Gasteiger partial charge in [-0.1, -0.05) is 43.0 Å². The van der Waals surface area contributed by atoms with Gasteiger partial charge in [-0.2, -0.15) is 0 Å². The van der Waals surface area contributed by atoms with Crippen molar-refractivity contribution in [2.24, 2.45) is 0 Å². The van der Waals surface area contributed by atoms with Crippen LogP contribution >= 0.6 is 0 Å². The number of carbonyl (C=O) groups excluding carboxylic acids is 4. The maximum atomic E-state index is 12.3. The standard InChI is InChI=1S/C35H33NO9/c1-25(24-37)35(41)44-23-22-43-30-13-7-27(8-14-30)28-9-15-31(16-10-28)45-34(40)19-6-26-4-11-29(12-5-26)42-21-3-2-20-36-32(38)17-18-33(36)39/h4-19,37H,1-3,20-24H2/b19-6+. The summed E-state index contributed by atoms with van der Waals surface area (Å²) in [7, 11) is 0.